The molecular weight excluding hydrogens is 238 g/mol. The fourth-order valence-corrected chi connectivity index (χ4v) is 1.64. The molecule has 1 fully saturated rings. The van der Waals surface area contributed by atoms with Gasteiger partial charge in [-0.15, -0.1) is 0 Å². The molecule has 1 atom stereocenters. The van der Waals surface area contributed by atoms with Gasteiger partial charge in [0.25, 0.3) is 0 Å². The third kappa shape index (κ3) is 2.62. The number of imide groups is 1. The molecule has 0 aromatic carbocycles. The Balaban J connectivity index is 2.03. The first kappa shape index (κ1) is 12.0. The average Bonchev–Trinajstić information content (AvgIpc) is 2.33. The summed E-state index contributed by atoms with van der Waals surface area (Å²) in [5.74, 6) is -1.77. The van der Waals surface area contributed by atoms with E-state index in [-0.39, 0.29) is 23.9 Å². The van der Waals surface area contributed by atoms with Crippen LogP contribution in [0.4, 0.5) is 5.69 Å². The zero-order valence-electron chi connectivity index (χ0n) is 9.34. The van der Waals surface area contributed by atoms with Crippen LogP contribution in [-0.2, 0) is 9.59 Å². The highest BCUT2D eigenvalue weighted by Gasteiger charge is 2.26. The van der Waals surface area contributed by atoms with Crippen molar-refractivity contribution in [1.82, 2.24) is 10.3 Å². The van der Waals surface area contributed by atoms with Crippen LogP contribution in [0.1, 0.15) is 23.3 Å². The van der Waals surface area contributed by atoms with Crippen LogP contribution >= 0.6 is 0 Å². The monoisotopic (exact) mass is 249 g/mol. The maximum absolute atomic E-state index is 11.5. The number of carboxylic acid groups (broad SMARTS) is 1. The van der Waals surface area contributed by atoms with Crippen molar-refractivity contribution in [2.45, 2.75) is 18.9 Å². The van der Waals surface area contributed by atoms with Gasteiger partial charge in [0, 0.05) is 6.42 Å². The minimum absolute atomic E-state index is 0.0659. The molecule has 1 aromatic rings. The highest BCUT2D eigenvalue weighted by molar-refractivity contribution is 6.01. The summed E-state index contributed by atoms with van der Waals surface area (Å²) >= 11 is 0. The number of nitrogens with one attached hydrogen (secondary N) is 2. The molecule has 7 nitrogen and oxygen atoms in total. The Kier molecular flexibility index (Phi) is 3.22. The molecule has 18 heavy (non-hydrogen) atoms. The van der Waals surface area contributed by atoms with E-state index in [2.05, 4.69) is 15.6 Å². The molecule has 2 amide bonds. The number of carboxylic acids is 1. The quantitative estimate of drug-likeness (QED) is 0.650. The van der Waals surface area contributed by atoms with E-state index >= 15 is 0 Å². The first-order valence-electron chi connectivity index (χ1n) is 5.36. The fourth-order valence-electron chi connectivity index (χ4n) is 1.64. The molecule has 7 heteroatoms. The Morgan fingerprint density at radius 2 is 2.22 bits per heavy atom. The summed E-state index contributed by atoms with van der Waals surface area (Å²) in [5, 5.41) is 13.8. The first-order chi connectivity index (χ1) is 8.56. The minimum atomic E-state index is -1.11. The Labute approximate surface area is 102 Å². The molecule has 0 bridgehead atoms. The van der Waals surface area contributed by atoms with Crippen molar-refractivity contribution in [1.29, 1.82) is 0 Å². The predicted octanol–water partition coefficient (Wildman–Crippen LogP) is -0.00310. The molecule has 1 saturated heterocycles. The molecule has 1 unspecified atom stereocenters. The molecule has 3 N–H and O–H groups in total. The third-order valence-electron chi connectivity index (χ3n) is 2.56. The molecule has 2 rings (SSSR count). The average molecular weight is 249 g/mol. The lowest BCUT2D eigenvalue weighted by atomic mass is 10.1. The fraction of sp³-hybridized carbons (Fsp3) is 0.273. The predicted molar refractivity (Wildman–Crippen MR) is 61.0 cm³/mol. The summed E-state index contributed by atoms with van der Waals surface area (Å²) in [7, 11) is 0. The van der Waals surface area contributed by atoms with E-state index in [1.54, 1.807) is 0 Å². The van der Waals surface area contributed by atoms with Gasteiger partial charge in [-0.25, -0.2) is 9.78 Å². The smallest absolute Gasteiger partial charge is 0.354 e. The molecule has 1 aliphatic rings. The van der Waals surface area contributed by atoms with Gasteiger partial charge < -0.3 is 10.4 Å². The first-order valence-corrected chi connectivity index (χ1v) is 5.36. The van der Waals surface area contributed by atoms with Gasteiger partial charge in [-0.1, -0.05) is 0 Å². The van der Waals surface area contributed by atoms with Crippen LogP contribution in [-0.4, -0.2) is 33.9 Å². The Bertz CT molecular complexity index is 498. The number of pyridine rings is 1. The Hall–Kier alpha value is -2.44. The molecule has 1 aromatic heterocycles. The number of hydrogen-bond donors (Lipinski definition) is 3. The summed E-state index contributed by atoms with van der Waals surface area (Å²) < 4.78 is 0. The van der Waals surface area contributed by atoms with Crippen LogP contribution in [0, 0.1) is 0 Å². The van der Waals surface area contributed by atoms with Gasteiger partial charge in [-0.2, -0.15) is 0 Å². The second-order valence-electron chi connectivity index (χ2n) is 3.89. The lowest BCUT2D eigenvalue weighted by molar-refractivity contribution is -0.133. The second kappa shape index (κ2) is 4.82. The number of hydrogen-bond acceptors (Lipinski definition) is 5. The van der Waals surface area contributed by atoms with Crippen LogP contribution in [0.15, 0.2) is 18.3 Å². The van der Waals surface area contributed by atoms with Gasteiger partial charge in [0.1, 0.15) is 11.7 Å². The van der Waals surface area contributed by atoms with Crippen molar-refractivity contribution in [2.75, 3.05) is 5.32 Å². The van der Waals surface area contributed by atoms with Crippen molar-refractivity contribution in [3.8, 4) is 0 Å². The lowest BCUT2D eigenvalue weighted by Gasteiger charge is -2.22. The largest absolute Gasteiger partial charge is 0.477 e. The second-order valence-corrected chi connectivity index (χ2v) is 3.89. The number of aromatic nitrogens is 1. The van der Waals surface area contributed by atoms with E-state index in [1.165, 1.54) is 18.3 Å². The molecule has 1 aliphatic heterocycles. The van der Waals surface area contributed by atoms with Gasteiger partial charge in [0.05, 0.1) is 11.9 Å². The topological polar surface area (TPSA) is 108 Å². The number of carbonyl (C=O) groups is 3. The maximum Gasteiger partial charge on any atom is 0.354 e. The van der Waals surface area contributed by atoms with Crippen molar-refractivity contribution >= 4 is 23.5 Å². The van der Waals surface area contributed by atoms with Gasteiger partial charge in [-0.05, 0) is 18.6 Å². The minimum Gasteiger partial charge on any atom is -0.477 e. The summed E-state index contributed by atoms with van der Waals surface area (Å²) in [6, 6.07) is 2.37. The Morgan fingerprint density at radius 3 is 2.78 bits per heavy atom. The number of nitrogens with zero attached hydrogens (tertiary/aromatic N) is 1. The number of rotatable bonds is 3. The van der Waals surface area contributed by atoms with Gasteiger partial charge in [-0.3, -0.25) is 14.9 Å². The molecule has 2 heterocycles. The van der Waals surface area contributed by atoms with Gasteiger partial charge in [0.15, 0.2) is 0 Å². The number of anilines is 1. The highest BCUT2D eigenvalue weighted by atomic mass is 16.4. The summed E-state index contributed by atoms with van der Waals surface area (Å²) in [4.78, 5) is 36.8. The van der Waals surface area contributed by atoms with Crippen molar-refractivity contribution < 1.29 is 19.5 Å². The van der Waals surface area contributed by atoms with Crippen LogP contribution in [0.3, 0.4) is 0 Å². The highest BCUT2D eigenvalue weighted by Crippen LogP contribution is 2.13. The third-order valence-corrected chi connectivity index (χ3v) is 2.56. The summed E-state index contributed by atoms with van der Waals surface area (Å²) in [6.07, 6.45) is 2.03. The van der Waals surface area contributed by atoms with Gasteiger partial charge in [0.2, 0.25) is 11.8 Å². The molecule has 0 spiro atoms. The molecule has 94 valence electrons. The zero-order valence-corrected chi connectivity index (χ0v) is 9.34. The number of piperidine rings is 1. The van der Waals surface area contributed by atoms with Crippen LogP contribution in [0.25, 0.3) is 0 Å². The van der Waals surface area contributed by atoms with Crippen molar-refractivity contribution in [3.63, 3.8) is 0 Å². The van der Waals surface area contributed by atoms with E-state index in [4.69, 9.17) is 5.11 Å². The number of aromatic carboxylic acids is 1. The maximum atomic E-state index is 11.5. The molecule has 0 radical (unpaired) electrons. The van der Waals surface area contributed by atoms with Crippen LogP contribution in [0.5, 0.6) is 0 Å². The van der Waals surface area contributed by atoms with E-state index in [0.717, 1.165) is 0 Å². The molecular formula is C11H11N3O4. The molecule has 0 saturated carbocycles. The van der Waals surface area contributed by atoms with E-state index in [0.29, 0.717) is 12.1 Å². The standard InChI is InChI=1S/C11H11N3O4/c15-9-4-3-7(10(16)14-9)13-6-1-2-8(11(17)18)12-5-6/h1-2,5,7,13H,3-4H2,(H,17,18)(H,14,15,16). The zero-order chi connectivity index (χ0) is 13.1. The van der Waals surface area contributed by atoms with Crippen LogP contribution in [0.2, 0.25) is 0 Å². The molecule has 0 aliphatic carbocycles. The van der Waals surface area contributed by atoms with Crippen molar-refractivity contribution in [3.05, 3.63) is 24.0 Å². The van der Waals surface area contributed by atoms with E-state index in [1.807, 2.05) is 0 Å². The van der Waals surface area contributed by atoms with E-state index < -0.39 is 12.0 Å². The number of carbonyl (C=O) groups excluding carboxylic acids is 2. The normalized spacial score (nSPS) is 19.2. The van der Waals surface area contributed by atoms with Crippen LogP contribution < -0.4 is 10.6 Å². The Morgan fingerprint density at radius 1 is 1.44 bits per heavy atom. The number of amides is 2. The summed E-state index contributed by atoms with van der Waals surface area (Å²) in [6.45, 7) is 0. The van der Waals surface area contributed by atoms with E-state index in [9.17, 15) is 14.4 Å². The summed E-state index contributed by atoms with van der Waals surface area (Å²) in [5.41, 5.74) is 0.471. The van der Waals surface area contributed by atoms with Gasteiger partial charge >= 0.3 is 5.97 Å². The van der Waals surface area contributed by atoms with Crippen molar-refractivity contribution in [2.24, 2.45) is 0 Å². The SMILES string of the molecule is O=C1CCC(Nc2ccc(C(=O)O)nc2)C(=O)N1. The lowest BCUT2D eigenvalue weighted by Crippen LogP contribution is -2.47.